The molecule has 0 saturated heterocycles. The Morgan fingerprint density at radius 1 is 1.13 bits per heavy atom. The molecule has 2 aliphatic rings. The van der Waals surface area contributed by atoms with E-state index in [1.54, 1.807) is 24.1 Å². The maximum absolute atomic E-state index is 13.4. The van der Waals surface area contributed by atoms with Gasteiger partial charge in [-0.2, -0.15) is 9.49 Å². The van der Waals surface area contributed by atoms with E-state index in [4.69, 9.17) is 10.1 Å². The van der Waals surface area contributed by atoms with Crippen LogP contribution in [0.15, 0.2) is 47.5 Å². The van der Waals surface area contributed by atoms with E-state index in [2.05, 4.69) is 18.8 Å². The average molecular weight is 418 g/mol. The molecule has 0 spiro atoms. The number of hydrogen-bond acceptors (Lipinski definition) is 5. The van der Waals surface area contributed by atoms with E-state index < -0.39 is 5.95 Å². The Hall–Kier alpha value is -3.55. The van der Waals surface area contributed by atoms with Gasteiger partial charge < -0.3 is 0 Å². The van der Waals surface area contributed by atoms with Gasteiger partial charge in [0.25, 0.3) is 5.91 Å². The van der Waals surface area contributed by atoms with Gasteiger partial charge in [-0.05, 0) is 38.5 Å². The second-order valence-electron chi connectivity index (χ2n) is 8.66. The smallest absolute Gasteiger partial charge is 0.266 e. The van der Waals surface area contributed by atoms with E-state index in [0.717, 1.165) is 16.8 Å². The number of carbonyl (C=O) groups excluding carboxylic acids is 1. The standard InChI is InChI=1S/C23H23FN6O/c1-14-19-20(29-13-23(2,3)26-22(29)28(4)21(19)31)27-30(14)12-15-8-10-16(11-9-15)17-6-5-7-18(24)25-17/h5-11H,12-13H2,1-4H3. The number of hydrogen-bond donors (Lipinski definition) is 0. The molecule has 158 valence electrons. The van der Waals surface area contributed by atoms with Crippen LogP contribution >= 0.6 is 0 Å². The van der Waals surface area contributed by atoms with E-state index in [-0.39, 0.29) is 11.4 Å². The number of fused-ring (bicyclic) bond motifs is 3. The topological polar surface area (TPSA) is 66.6 Å². The van der Waals surface area contributed by atoms with Gasteiger partial charge in [0.05, 0.1) is 30.0 Å². The number of aliphatic imine (C=N–C) groups is 1. The molecule has 0 bridgehead atoms. The SMILES string of the molecule is Cc1c2c(nn1Cc1ccc(-c3cccc(F)n3)cc1)N1CC(C)(C)N=C1N(C)C2=O. The third kappa shape index (κ3) is 3.19. The monoisotopic (exact) mass is 418 g/mol. The van der Waals surface area contributed by atoms with Gasteiger partial charge in [-0.1, -0.05) is 30.3 Å². The van der Waals surface area contributed by atoms with Gasteiger partial charge in [0.2, 0.25) is 11.9 Å². The minimum Gasteiger partial charge on any atom is -0.292 e. The van der Waals surface area contributed by atoms with E-state index >= 15 is 0 Å². The molecule has 31 heavy (non-hydrogen) atoms. The van der Waals surface area contributed by atoms with Crippen LogP contribution in [0.5, 0.6) is 0 Å². The zero-order valence-electron chi connectivity index (χ0n) is 17.9. The second-order valence-corrected chi connectivity index (χ2v) is 8.66. The molecule has 1 amide bonds. The number of anilines is 1. The van der Waals surface area contributed by atoms with E-state index in [9.17, 15) is 9.18 Å². The first-order valence-electron chi connectivity index (χ1n) is 10.2. The highest BCUT2D eigenvalue weighted by atomic mass is 19.1. The molecule has 2 aliphatic heterocycles. The summed E-state index contributed by atoms with van der Waals surface area (Å²) in [5, 5.41) is 4.78. The lowest BCUT2D eigenvalue weighted by atomic mass is 10.1. The average Bonchev–Trinajstić information content (AvgIpc) is 3.23. The minimum atomic E-state index is -0.498. The van der Waals surface area contributed by atoms with Crippen molar-refractivity contribution in [1.29, 1.82) is 0 Å². The number of carbonyl (C=O) groups is 1. The second kappa shape index (κ2) is 6.73. The predicted octanol–water partition coefficient (Wildman–Crippen LogP) is 3.48. The summed E-state index contributed by atoms with van der Waals surface area (Å²) in [5.41, 5.74) is 3.64. The van der Waals surface area contributed by atoms with Crippen LogP contribution in [0.4, 0.5) is 10.2 Å². The molecule has 0 saturated carbocycles. The molecule has 0 fully saturated rings. The fourth-order valence-electron chi connectivity index (χ4n) is 4.15. The zero-order valence-corrected chi connectivity index (χ0v) is 17.9. The summed E-state index contributed by atoms with van der Waals surface area (Å²) in [6, 6.07) is 12.5. The van der Waals surface area contributed by atoms with Gasteiger partial charge in [-0.3, -0.25) is 19.3 Å². The third-order valence-corrected chi connectivity index (χ3v) is 5.75. The third-order valence-electron chi connectivity index (χ3n) is 5.75. The lowest BCUT2D eigenvalue weighted by Crippen LogP contribution is -2.48. The highest BCUT2D eigenvalue weighted by Gasteiger charge is 2.44. The zero-order chi connectivity index (χ0) is 21.9. The van der Waals surface area contributed by atoms with Crippen molar-refractivity contribution >= 4 is 17.7 Å². The van der Waals surface area contributed by atoms with Gasteiger partial charge in [-0.15, -0.1) is 0 Å². The molecule has 5 rings (SSSR count). The summed E-state index contributed by atoms with van der Waals surface area (Å²) in [7, 11) is 1.76. The van der Waals surface area contributed by atoms with Crippen LogP contribution in [-0.4, -0.2) is 50.7 Å². The van der Waals surface area contributed by atoms with Gasteiger partial charge in [0.15, 0.2) is 5.82 Å². The molecule has 0 N–H and O–H groups in total. The predicted molar refractivity (Wildman–Crippen MR) is 117 cm³/mol. The van der Waals surface area contributed by atoms with Crippen molar-refractivity contribution in [3.63, 3.8) is 0 Å². The fourth-order valence-corrected chi connectivity index (χ4v) is 4.15. The fraction of sp³-hybridized carbons (Fsp3) is 0.304. The largest absolute Gasteiger partial charge is 0.292 e. The number of rotatable bonds is 3. The quantitative estimate of drug-likeness (QED) is 0.611. The summed E-state index contributed by atoms with van der Waals surface area (Å²) in [6.07, 6.45) is 0. The van der Waals surface area contributed by atoms with Crippen molar-refractivity contribution in [3.05, 3.63) is 65.2 Å². The number of nitrogens with zero attached hydrogens (tertiary/aromatic N) is 6. The minimum absolute atomic E-state index is 0.0843. The van der Waals surface area contributed by atoms with Crippen molar-refractivity contribution in [2.24, 2.45) is 4.99 Å². The molecule has 4 heterocycles. The highest BCUT2D eigenvalue weighted by Crippen LogP contribution is 2.35. The van der Waals surface area contributed by atoms with Gasteiger partial charge in [-0.25, -0.2) is 9.98 Å². The van der Waals surface area contributed by atoms with Crippen molar-refractivity contribution in [3.8, 4) is 11.3 Å². The van der Waals surface area contributed by atoms with E-state index in [0.29, 0.717) is 36.1 Å². The molecule has 0 aliphatic carbocycles. The first kappa shape index (κ1) is 19.4. The molecule has 0 unspecified atom stereocenters. The van der Waals surface area contributed by atoms with Crippen molar-refractivity contribution < 1.29 is 9.18 Å². The first-order chi connectivity index (χ1) is 14.7. The Bertz CT molecular complexity index is 1230. The molecular formula is C23H23FN6O. The van der Waals surface area contributed by atoms with Crippen LogP contribution in [-0.2, 0) is 6.54 Å². The maximum Gasteiger partial charge on any atom is 0.266 e. The lowest BCUT2D eigenvalue weighted by molar-refractivity contribution is 0.0864. The molecule has 3 aromatic rings. The first-order valence-corrected chi connectivity index (χ1v) is 10.2. The van der Waals surface area contributed by atoms with Crippen LogP contribution in [0.3, 0.4) is 0 Å². The van der Waals surface area contributed by atoms with Crippen LogP contribution in [0, 0.1) is 12.9 Å². The Kier molecular flexibility index (Phi) is 4.22. The van der Waals surface area contributed by atoms with E-state index in [1.165, 1.54) is 6.07 Å². The Morgan fingerprint density at radius 3 is 2.58 bits per heavy atom. The van der Waals surface area contributed by atoms with E-state index in [1.807, 2.05) is 40.8 Å². The van der Waals surface area contributed by atoms with Gasteiger partial charge >= 0.3 is 0 Å². The molecule has 0 atom stereocenters. The summed E-state index contributed by atoms with van der Waals surface area (Å²) in [5.74, 6) is 0.741. The number of pyridine rings is 1. The van der Waals surface area contributed by atoms with Crippen molar-refractivity contribution in [2.75, 3.05) is 18.5 Å². The van der Waals surface area contributed by atoms with Gasteiger partial charge in [0.1, 0.15) is 5.56 Å². The van der Waals surface area contributed by atoms with Crippen LogP contribution in [0.25, 0.3) is 11.3 Å². The van der Waals surface area contributed by atoms with Crippen molar-refractivity contribution in [2.45, 2.75) is 32.9 Å². The Labute approximate surface area is 179 Å². The lowest BCUT2D eigenvalue weighted by Gasteiger charge is -2.30. The molecular weight excluding hydrogens is 395 g/mol. The number of amides is 1. The maximum atomic E-state index is 13.4. The van der Waals surface area contributed by atoms with Crippen LogP contribution < -0.4 is 4.90 Å². The normalized spacial score (nSPS) is 16.9. The summed E-state index contributed by atoms with van der Waals surface area (Å²) >= 11 is 0. The number of guanidine groups is 1. The summed E-state index contributed by atoms with van der Waals surface area (Å²) < 4.78 is 15.3. The molecule has 8 heteroatoms. The molecule has 0 radical (unpaired) electrons. The number of halogens is 1. The van der Waals surface area contributed by atoms with Gasteiger partial charge in [0, 0.05) is 12.6 Å². The summed E-state index contributed by atoms with van der Waals surface area (Å²) in [4.78, 5) is 25.3. The molecule has 7 nitrogen and oxygen atoms in total. The highest BCUT2D eigenvalue weighted by molar-refractivity contribution is 6.19. The van der Waals surface area contributed by atoms with Crippen LogP contribution in [0.1, 0.15) is 35.5 Å². The van der Waals surface area contributed by atoms with Crippen molar-refractivity contribution in [1.82, 2.24) is 19.7 Å². The number of benzene rings is 1. The Morgan fingerprint density at radius 2 is 1.87 bits per heavy atom. The Balaban J connectivity index is 1.46. The van der Waals surface area contributed by atoms with Crippen LogP contribution in [0.2, 0.25) is 0 Å². The molecule has 2 aromatic heterocycles. The number of aromatic nitrogens is 3. The summed E-state index contributed by atoms with van der Waals surface area (Å²) in [6.45, 7) is 7.23. The molecule has 1 aromatic carbocycles.